The number of hydrogen-bond acceptors (Lipinski definition) is 8. The van der Waals surface area contributed by atoms with Gasteiger partial charge >= 0.3 is 6.18 Å². The van der Waals surface area contributed by atoms with Gasteiger partial charge in [0.15, 0.2) is 17.3 Å². The quantitative estimate of drug-likeness (QED) is 0.463. The summed E-state index contributed by atoms with van der Waals surface area (Å²) < 4.78 is 42.3. The molecule has 0 aliphatic heterocycles. The van der Waals surface area contributed by atoms with Crippen LogP contribution in [0, 0.1) is 25.2 Å². The minimum absolute atomic E-state index is 0.00294. The molecular weight excluding hydrogens is 453 g/mol. The van der Waals surface area contributed by atoms with E-state index >= 15 is 0 Å². The van der Waals surface area contributed by atoms with E-state index in [0.29, 0.717) is 10.2 Å². The number of nitrogen functional groups attached to an aromatic ring is 1. The van der Waals surface area contributed by atoms with Crippen LogP contribution in [-0.4, -0.2) is 40.6 Å². The molecule has 1 amide bonds. The topological polar surface area (TPSA) is 153 Å². The van der Waals surface area contributed by atoms with E-state index in [1.165, 1.54) is 37.5 Å². The molecule has 0 saturated carbocycles. The molecule has 34 heavy (non-hydrogen) atoms. The van der Waals surface area contributed by atoms with Crippen LogP contribution >= 0.6 is 0 Å². The molecule has 172 valence electrons. The van der Waals surface area contributed by atoms with Crippen molar-refractivity contribution in [2.24, 2.45) is 0 Å². The second-order valence-corrected chi connectivity index (χ2v) is 7.06. The lowest BCUT2D eigenvalue weighted by Crippen LogP contribution is -2.22. The van der Waals surface area contributed by atoms with Gasteiger partial charge in [-0.25, -0.2) is 14.6 Å². The number of carbonyl (C=O) groups excluding carboxylic acids is 1. The number of hydrogen-bond donors (Lipinski definition) is 2. The highest BCUT2D eigenvalue weighted by molar-refractivity contribution is 6.05. The van der Waals surface area contributed by atoms with Gasteiger partial charge < -0.3 is 11.1 Å². The Morgan fingerprint density at radius 3 is 2.47 bits per heavy atom. The summed E-state index contributed by atoms with van der Waals surface area (Å²) in [5.41, 5.74) is 4.49. The third-order valence-electron chi connectivity index (χ3n) is 4.79. The van der Waals surface area contributed by atoms with Gasteiger partial charge in [-0.15, -0.1) is 4.80 Å². The molecule has 0 spiro atoms. The minimum Gasteiger partial charge on any atom is -0.383 e. The largest absolute Gasteiger partial charge is 0.434 e. The first-order valence-electron chi connectivity index (χ1n) is 9.58. The van der Waals surface area contributed by atoms with E-state index in [1.807, 2.05) is 6.07 Å². The van der Waals surface area contributed by atoms with Crippen molar-refractivity contribution >= 4 is 17.4 Å². The number of nitrogens with two attached hydrogens (primary N) is 1. The zero-order chi connectivity index (χ0) is 24.6. The second-order valence-electron chi connectivity index (χ2n) is 7.06. The van der Waals surface area contributed by atoms with Crippen LogP contribution in [0.5, 0.6) is 0 Å². The van der Waals surface area contributed by atoms with Crippen LogP contribution in [-0.2, 0) is 6.18 Å². The number of nitriles is 1. The summed E-state index contributed by atoms with van der Waals surface area (Å²) in [6, 6.07) is 5.99. The average molecular weight is 468 g/mol. The van der Waals surface area contributed by atoms with Gasteiger partial charge in [0.25, 0.3) is 5.91 Å². The number of carbonyl (C=O) groups is 1. The summed E-state index contributed by atoms with van der Waals surface area (Å²) in [5.74, 6) is -1.16. The molecule has 0 bridgehead atoms. The van der Waals surface area contributed by atoms with Crippen molar-refractivity contribution in [3.8, 4) is 17.7 Å². The molecule has 0 fully saturated rings. The molecule has 4 rings (SSSR count). The maximum Gasteiger partial charge on any atom is 0.434 e. The van der Waals surface area contributed by atoms with E-state index < -0.39 is 23.3 Å². The van der Waals surface area contributed by atoms with E-state index in [4.69, 9.17) is 5.73 Å². The van der Waals surface area contributed by atoms with Gasteiger partial charge in [0.05, 0.1) is 35.5 Å². The Kier molecular flexibility index (Phi) is 5.45. The van der Waals surface area contributed by atoms with Crippen LogP contribution in [0.4, 0.5) is 24.7 Å². The van der Waals surface area contributed by atoms with Gasteiger partial charge in [-0.2, -0.15) is 33.7 Å². The Morgan fingerprint density at radius 1 is 1.15 bits per heavy atom. The molecule has 4 aromatic heterocycles. The van der Waals surface area contributed by atoms with Crippen LogP contribution in [0.15, 0.2) is 36.8 Å². The predicted molar refractivity (Wildman–Crippen MR) is 112 cm³/mol. The molecule has 0 atom stereocenters. The summed E-state index contributed by atoms with van der Waals surface area (Å²) in [4.78, 5) is 22.1. The van der Waals surface area contributed by atoms with E-state index in [1.54, 1.807) is 6.92 Å². The van der Waals surface area contributed by atoms with Crippen molar-refractivity contribution in [1.29, 1.82) is 5.26 Å². The highest BCUT2D eigenvalue weighted by atomic mass is 19.4. The third-order valence-corrected chi connectivity index (χ3v) is 4.79. The summed E-state index contributed by atoms with van der Waals surface area (Å²) in [6.07, 6.45) is -1.38. The number of rotatable bonds is 4. The van der Waals surface area contributed by atoms with E-state index in [2.05, 4.69) is 30.6 Å². The molecule has 0 unspecified atom stereocenters. The van der Waals surface area contributed by atoms with E-state index in [0.717, 1.165) is 11.0 Å². The van der Waals surface area contributed by atoms with Crippen molar-refractivity contribution in [3.05, 3.63) is 64.9 Å². The van der Waals surface area contributed by atoms with E-state index in [9.17, 15) is 23.2 Å². The van der Waals surface area contributed by atoms with E-state index in [-0.39, 0.29) is 34.4 Å². The van der Waals surface area contributed by atoms with Gasteiger partial charge in [-0.05, 0) is 31.5 Å². The monoisotopic (exact) mass is 468 g/mol. The minimum atomic E-state index is -4.94. The Labute approximate surface area is 189 Å². The molecule has 0 aliphatic rings. The smallest absolute Gasteiger partial charge is 0.383 e. The number of anilines is 2. The molecule has 0 saturated heterocycles. The number of amides is 1. The summed E-state index contributed by atoms with van der Waals surface area (Å²) in [5, 5.41) is 23.4. The maximum absolute atomic E-state index is 13.9. The first-order chi connectivity index (χ1) is 16.1. The Balaban J connectivity index is 1.74. The molecule has 0 radical (unpaired) electrons. The molecule has 4 aromatic rings. The van der Waals surface area contributed by atoms with Crippen molar-refractivity contribution in [1.82, 2.24) is 34.7 Å². The number of nitrogens with one attached hydrogen (secondary N) is 1. The van der Waals surface area contributed by atoms with Gasteiger partial charge in [0.2, 0.25) is 0 Å². The molecule has 3 N–H and O–H groups in total. The van der Waals surface area contributed by atoms with Crippen LogP contribution in [0.3, 0.4) is 0 Å². The first-order valence-corrected chi connectivity index (χ1v) is 9.58. The second kappa shape index (κ2) is 8.28. The fourth-order valence-electron chi connectivity index (χ4n) is 3.08. The highest BCUT2D eigenvalue weighted by Gasteiger charge is 2.41. The predicted octanol–water partition coefficient (Wildman–Crippen LogP) is 2.58. The number of nitrogens with zero attached hydrogens (tertiary/aromatic N) is 8. The van der Waals surface area contributed by atoms with Crippen LogP contribution in [0.1, 0.15) is 32.9 Å². The van der Waals surface area contributed by atoms with Crippen molar-refractivity contribution in [3.63, 3.8) is 0 Å². The van der Waals surface area contributed by atoms with Gasteiger partial charge in [0.1, 0.15) is 17.5 Å². The van der Waals surface area contributed by atoms with Gasteiger partial charge in [0, 0.05) is 0 Å². The number of alkyl halides is 3. The zero-order valence-electron chi connectivity index (χ0n) is 17.7. The number of aromatic nitrogens is 7. The highest BCUT2D eigenvalue weighted by Crippen LogP contribution is 2.34. The van der Waals surface area contributed by atoms with Crippen LogP contribution in [0.25, 0.3) is 11.6 Å². The van der Waals surface area contributed by atoms with Crippen molar-refractivity contribution < 1.29 is 18.0 Å². The summed E-state index contributed by atoms with van der Waals surface area (Å²) in [7, 11) is 0. The fourth-order valence-corrected chi connectivity index (χ4v) is 3.08. The third kappa shape index (κ3) is 4.01. The summed E-state index contributed by atoms with van der Waals surface area (Å²) >= 11 is 0. The van der Waals surface area contributed by atoms with Crippen molar-refractivity contribution in [2.45, 2.75) is 20.0 Å². The SMILES string of the molecule is Cc1ccc(-n2ncc(C(=O)Nc3cc(C#N)c(-n4nccn4)nc3C)c2C(F)(F)F)nc1N. The van der Waals surface area contributed by atoms with Crippen LogP contribution in [0.2, 0.25) is 0 Å². The molecule has 0 aromatic carbocycles. The molecule has 14 heteroatoms. The maximum atomic E-state index is 13.9. The number of pyridine rings is 2. The van der Waals surface area contributed by atoms with Gasteiger partial charge in [-0.3, -0.25) is 4.79 Å². The average Bonchev–Trinajstić information content (AvgIpc) is 3.46. The number of aryl methyl sites for hydroxylation is 2. The molecule has 4 heterocycles. The lowest BCUT2D eigenvalue weighted by molar-refractivity contribution is -0.143. The molecular formula is C20H15F3N10O. The standard InChI is InChI=1S/C20H15F3N10O/c1-10-3-4-15(31-17(10)25)32-16(20(21,22)23)13(9-28-32)19(34)30-14-7-12(8-24)18(29-11(14)2)33-26-5-6-27-33/h3-7,9H,1-2H3,(H2,25,31)(H,30,34). The molecule has 11 nitrogen and oxygen atoms in total. The Bertz CT molecular complexity index is 1430. The summed E-state index contributed by atoms with van der Waals surface area (Å²) in [6.45, 7) is 3.16. The zero-order valence-corrected chi connectivity index (χ0v) is 17.7. The Morgan fingerprint density at radius 2 is 1.85 bits per heavy atom. The lowest BCUT2D eigenvalue weighted by atomic mass is 10.2. The van der Waals surface area contributed by atoms with Crippen molar-refractivity contribution in [2.75, 3.05) is 11.1 Å². The fraction of sp³-hybridized carbons (Fsp3) is 0.150. The first kappa shape index (κ1) is 22.4. The van der Waals surface area contributed by atoms with Gasteiger partial charge in [-0.1, -0.05) is 6.07 Å². The molecule has 0 aliphatic carbocycles. The van der Waals surface area contributed by atoms with Crippen LogP contribution < -0.4 is 11.1 Å². The lowest BCUT2D eigenvalue weighted by Gasteiger charge is -2.14. The normalized spacial score (nSPS) is 11.3. The number of halogens is 3. The Hall–Kier alpha value is -4.80.